The highest BCUT2D eigenvalue weighted by Crippen LogP contribution is 2.39. The molecule has 6 aromatic rings. The first kappa shape index (κ1) is 40.4. The number of carbonyl (C=O) groups is 1. The van der Waals surface area contributed by atoms with Gasteiger partial charge in [-0.05, 0) is 127 Å². The van der Waals surface area contributed by atoms with Crippen LogP contribution in [0.15, 0.2) is 109 Å². The van der Waals surface area contributed by atoms with Crippen molar-refractivity contribution in [3.63, 3.8) is 0 Å². The lowest BCUT2D eigenvalue weighted by atomic mass is 9.80. The van der Waals surface area contributed by atoms with E-state index in [1.165, 1.54) is 0 Å². The molecule has 0 spiro atoms. The number of aromatic nitrogens is 1. The van der Waals surface area contributed by atoms with Gasteiger partial charge in [0.05, 0.1) is 19.3 Å². The van der Waals surface area contributed by atoms with Gasteiger partial charge in [-0.25, -0.2) is 0 Å². The van der Waals surface area contributed by atoms with Crippen LogP contribution in [0, 0.1) is 5.92 Å². The van der Waals surface area contributed by atoms with E-state index in [4.69, 9.17) is 9.47 Å². The summed E-state index contributed by atoms with van der Waals surface area (Å²) in [5.74, 6) is -0.365. The van der Waals surface area contributed by atoms with Gasteiger partial charge in [0, 0.05) is 30.9 Å². The van der Waals surface area contributed by atoms with Gasteiger partial charge in [-0.15, -0.1) is 0 Å². The molecule has 302 valence electrons. The van der Waals surface area contributed by atoms with Crippen LogP contribution in [-0.4, -0.2) is 52.6 Å². The summed E-state index contributed by atoms with van der Waals surface area (Å²) in [4.78, 5) is 19.0. The monoisotopic (exact) mass is 781 g/mol. The Labute approximate surface area is 340 Å². The zero-order chi connectivity index (χ0) is 40.6. The number of benzene rings is 5. The fourth-order valence-electron chi connectivity index (χ4n) is 8.62. The van der Waals surface area contributed by atoms with Crippen LogP contribution in [0.3, 0.4) is 0 Å². The summed E-state index contributed by atoms with van der Waals surface area (Å²) in [7, 11) is 3.37. The van der Waals surface area contributed by atoms with E-state index in [-0.39, 0.29) is 42.0 Å². The molecule has 1 aromatic heterocycles. The fourth-order valence-corrected chi connectivity index (χ4v) is 8.62. The van der Waals surface area contributed by atoms with Gasteiger partial charge < -0.3 is 40.2 Å². The molecule has 0 bridgehead atoms. The van der Waals surface area contributed by atoms with Crippen LogP contribution in [0.2, 0.25) is 0 Å². The van der Waals surface area contributed by atoms with Crippen molar-refractivity contribution in [2.75, 3.05) is 14.2 Å². The number of aromatic hydroxyl groups is 3. The summed E-state index contributed by atoms with van der Waals surface area (Å²) in [6.45, 7) is 0.497. The maximum Gasteiger partial charge on any atom is 0.164 e. The van der Waals surface area contributed by atoms with Crippen LogP contribution in [0.1, 0.15) is 77.0 Å². The molecule has 7 rings (SSSR count). The van der Waals surface area contributed by atoms with E-state index >= 15 is 0 Å². The van der Waals surface area contributed by atoms with Gasteiger partial charge >= 0.3 is 0 Å². The number of aliphatic hydroxyl groups excluding tert-OH is 1. The van der Waals surface area contributed by atoms with E-state index in [0.29, 0.717) is 42.9 Å². The van der Waals surface area contributed by atoms with Crippen LogP contribution < -0.4 is 19.8 Å². The molecule has 1 aliphatic rings. The molecule has 0 saturated heterocycles. The van der Waals surface area contributed by atoms with Crippen molar-refractivity contribution in [1.29, 1.82) is 0 Å². The minimum absolute atomic E-state index is 0.0339. The summed E-state index contributed by atoms with van der Waals surface area (Å²) in [6, 6.07) is 30.3. The summed E-state index contributed by atoms with van der Waals surface area (Å²) in [6.07, 6.45) is 8.03. The lowest BCUT2D eigenvalue weighted by molar-refractivity contribution is -0.123. The SMILES string of the molecule is CNCc1cc(O)cc(C(Cc2ccc(O)c(OC3CCCC3)c2)C(=O)CC(O)C(Cc2cc[n-]c2)Cc2ccc(O)c(OC)c2Cc2cccc3ccccc23)c1. The van der Waals surface area contributed by atoms with Gasteiger partial charge in [-0.3, -0.25) is 4.79 Å². The number of ketones is 1. The number of methoxy groups -OCH3 is 1. The first-order valence-electron chi connectivity index (χ1n) is 20.3. The molecule has 9 heteroatoms. The Kier molecular flexibility index (Phi) is 13.0. The smallest absolute Gasteiger partial charge is 0.164 e. The molecule has 1 saturated carbocycles. The minimum Gasteiger partial charge on any atom is -0.670 e. The number of nitrogens with zero attached hydrogens (tertiary/aromatic N) is 1. The summed E-state index contributed by atoms with van der Waals surface area (Å²) >= 11 is 0. The minimum atomic E-state index is -1.05. The normalized spacial score (nSPS) is 14.7. The second-order valence-electron chi connectivity index (χ2n) is 15.7. The second-order valence-corrected chi connectivity index (χ2v) is 15.7. The topological polar surface area (TPSA) is 143 Å². The van der Waals surface area contributed by atoms with Crippen LogP contribution >= 0.6 is 0 Å². The molecular weight excluding hydrogens is 729 g/mol. The van der Waals surface area contributed by atoms with E-state index in [0.717, 1.165) is 69.8 Å². The number of aliphatic hydroxyl groups is 1. The number of ether oxygens (including phenoxy) is 2. The Balaban J connectivity index is 1.20. The van der Waals surface area contributed by atoms with Crippen molar-refractivity contribution >= 4 is 16.6 Å². The second kappa shape index (κ2) is 18.7. The molecule has 3 atom stereocenters. The number of Topliss-reactive ketones (excluding diaryl/α,β-unsaturated/α-hetero) is 1. The van der Waals surface area contributed by atoms with E-state index in [9.17, 15) is 25.2 Å². The largest absolute Gasteiger partial charge is 0.670 e. The Morgan fingerprint density at radius 3 is 2.40 bits per heavy atom. The quantitative estimate of drug-likeness (QED) is 0.0582. The Bertz CT molecular complexity index is 2310. The molecule has 0 radical (unpaired) electrons. The average molecular weight is 782 g/mol. The third kappa shape index (κ3) is 9.67. The summed E-state index contributed by atoms with van der Waals surface area (Å²) in [5, 5.41) is 50.0. The van der Waals surface area contributed by atoms with Crippen molar-refractivity contribution in [3.8, 4) is 28.7 Å². The highest BCUT2D eigenvalue weighted by molar-refractivity contribution is 5.87. The van der Waals surface area contributed by atoms with Crippen molar-refractivity contribution in [3.05, 3.63) is 148 Å². The number of hydrogen-bond donors (Lipinski definition) is 5. The van der Waals surface area contributed by atoms with E-state index in [1.54, 1.807) is 49.8 Å². The van der Waals surface area contributed by atoms with Crippen LogP contribution in [0.25, 0.3) is 10.8 Å². The summed E-state index contributed by atoms with van der Waals surface area (Å²) < 4.78 is 12.0. The molecule has 58 heavy (non-hydrogen) atoms. The number of carbonyl (C=O) groups excluding carboxylic acids is 1. The van der Waals surface area contributed by atoms with Gasteiger partial charge in [0.15, 0.2) is 23.0 Å². The van der Waals surface area contributed by atoms with Gasteiger partial charge in [-0.1, -0.05) is 72.3 Å². The number of fused-ring (bicyclic) bond motifs is 1. The predicted octanol–water partition coefficient (Wildman–Crippen LogP) is 8.30. The number of nitrogens with one attached hydrogen (secondary N) is 1. The zero-order valence-corrected chi connectivity index (χ0v) is 33.2. The first-order valence-corrected chi connectivity index (χ1v) is 20.3. The summed E-state index contributed by atoms with van der Waals surface area (Å²) in [5.41, 5.74) is 6.01. The van der Waals surface area contributed by atoms with Gasteiger partial charge in [-0.2, -0.15) is 12.4 Å². The lowest BCUT2D eigenvalue weighted by Crippen LogP contribution is -2.30. The lowest BCUT2D eigenvalue weighted by Gasteiger charge is -2.27. The maximum atomic E-state index is 14.7. The molecule has 1 fully saturated rings. The third-order valence-electron chi connectivity index (χ3n) is 11.6. The predicted molar refractivity (Wildman–Crippen MR) is 226 cm³/mol. The molecule has 1 heterocycles. The van der Waals surface area contributed by atoms with Crippen molar-refractivity contribution in [2.45, 2.75) is 82.5 Å². The standard InChI is InChI=1S/C49H53N2O7/c1-50-29-33-21-37(26-39(52)22-33)42(23-31-14-16-44(53)48(24-31)58-40-11-4-5-12-40)47(56)28-46(55)38(20-32-18-19-51-30-32)25-36-15-17-45(54)49(57-2)43(36)27-35-10-7-9-34-8-3-6-13-41(34)35/h3,6-10,13-19,21-22,24,26,30,38,40,42,46,50,52-55H,4-5,11-12,20,23,25,27-29H2,1-2H3/q-1. The Hall–Kier alpha value is -5.77. The highest BCUT2D eigenvalue weighted by Gasteiger charge is 2.30. The molecule has 0 amide bonds. The maximum absolute atomic E-state index is 14.7. The molecule has 5 aromatic carbocycles. The Morgan fingerprint density at radius 1 is 0.828 bits per heavy atom. The molecule has 9 nitrogen and oxygen atoms in total. The first-order chi connectivity index (χ1) is 28.2. The molecular formula is C49H53N2O7-. The van der Waals surface area contributed by atoms with Crippen molar-refractivity contribution in [1.82, 2.24) is 10.3 Å². The molecule has 1 aliphatic carbocycles. The van der Waals surface area contributed by atoms with Crippen molar-refractivity contribution in [2.24, 2.45) is 5.92 Å². The van der Waals surface area contributed by atoms with Crippen LogP contribution in [-0.2, 0) is 37.0 Å². The van der Waals surface area contributed by atoms with Crippen molar-refractivity contribution < 1.29 is 34.7 Å². The van der Waals surface area contributed by atoms with E-state index < -0.39 is 17.9 Å². The van der Waals surface area contributed by atoms with Gasteiger partial charge in [0.2, 0.25) is 0 Å². The fraction of sp³-hybridized carbons (Fsp3) is 0.327. The molecule has 5 N–H and O–H groups in total. The highest BCUT2D eigenvalue weighted by atomic mass is 16.5. The number of rotatable bonds is 18. The number of hydrogen-bond acceptors (Lipinski definition) is 8. The number of phenolic OH excluding ortho intramolecular Hbond substituents is 3. The zero-order valence-electron chi connectivity index (χ0n) is 33.2. The number of phenols is 3. The molecule has 3 unspecified atom stereocenters. The van der Waals surface area contributed by atoms with Crippen LogP contribution in [0.4, 0.5) is 0 Å². The Morgan fingerprint density at radius 2 is 1.62 bits per heavy atom. The van der Waals surface area contributed by atoms with E-state index in [1.807, 2.05) is 49.5 Å². The molecule has 0 aliphatic heterocycles. The van der Waals surface area contributed by atoms with Crippen LogP contribution in [0.5, 0.6) is 28.7 Å². The third-order valence-corrected chi connectivity index (χ3v) is 11.6. The van der Waals surface area contributed by atoms with Gasteiger partial charge in [0.25, 0.3) is 0 Å². The van der Waals surface area contributed by atoms with E-state index in [2.05, 4.69) is 34.6 Å². The van der Waals surface area contributed by atoms with Gasteiger partial charge in [0.1, 0.15) is 11.5 Å². The average Bonchev–Trinajstić information content (AvgIpc) is 3.94.